The highest BCUT2D eigenvalue weighted by Crippen LogP contribution is 2.30. The molecule has 2 aromatic heterocycles. The number of carbonyl (C=O) groups is 1. The molecule has 7 heteroatoms. The molecule has 0 saturated carbocycles. The number of piperidine rings is 1. The van der Waals surface area contributed by atoms with Crippen molar-refractivity contribution in [3.05, 3.63) is 41.5 Å². The second kappa shape index (κ2) is 5.17. The van der Waals surface area contributed by atoms with Crippen LogP contribution in [0.1, 0.15) is 34.2 Å². The maximum Gasteiger partial charge on any atom is 0.272 e. The van der Waals surface area contributed by atoms with Crippen molar-refractivity contribution in [2.24, 2.45) is 0 Å². The van der Waals surface area contributed by atoms with E-state index in [0.29, 0.717) is 25.4 Å². The second-order valence-electron chi connectivity index (χ2n) is 5.80. The van der Waals surface area contributed by atoms with Gasteiger partial charge in [-0.2, -0.15) is 0 Å². The molecule has 22 heavy (non-hydrogen) atoms. The van der Waals surface area contributed by atoms with Crippen LogP contribution in [0.25, 0.3) is 0 Å². The van der Waals surface area contributed by atoms with Gasteiger partial charge in [-0.3, -0.25) is 9.78 Å². The average Bonchev–Trinajstić information content (AvgIpc) is 3.03. The van der Waals surface area contributed by atoms with Gasteiger partial charge in [-0.1, -0.05) is 11.3 Å². The summed E-state index contributed by atoms with van der Waals surface area (Å²) in [4.78, 5) is 18.8. The first-order valence-corrected chi connectivity index (χ1v) is 7.45. The summed E-state index contributed by atoms with van der Waals surface area (Å²) in [6, 6.07) is 3.79. The van der Waals surface area contributed by atoms with E-state index in [1.54, 1.807) is 12.4 Å². The monoisotopic (exact) mass is 299 g/mol. The van der Waals surface area contributed by atoms with E-state index in [2.05, 4.69) is 15.3 Å². The predicted molar refractivity (Wildman–Crippen MR) is 77.1 cm³/mol. The number of ether oxygens (including phenoxy) is 1. The number of aryl methyl sites for hydroxylation is 1. The topological polar surface area (TPSA) is 73.1 Å². The first kappa shape index (κ1) is 13.4. The molecule has 2 aliphatic heterocycles. The number of likely N-dealkylation sites (tertiary alicyclic amines) is 1. The molecule has 2 aliphatic rings. The maximum atomic E-state index is 12.7. The Hall–Kier alpha value is -2.28. The van der Waals surface area contributed by atoms with E-state index in [1.807, 2.05) is 28.6 Å². The van der Waals surface area contributed by atoms with E-state index in [0.717, 1.165) is 17.7 Å². The van der Waals surface area contributed by atoms with Gasteiger partial charge >= 0.3 is 0 Å². The fourth-order valence-corrected chi connectivity index (χ4v) is 3.22. The lowest BCUT2D eigenvalue weighted by Gasteiger charge is -2.40. The van der Waals surface area contributed by atoms with E-state index in [1.165, 1.54) is 0 Å². The molecule has 0 N–H and O–H groups in total. The molecule has 0 unspecified atom stereocenters. The van der Waals surface area contributed by atoms with Gasteiger partial charge in [0.15, 0.2) is 0 Å². The number of hydrogen-bond donors (Lipinski definition) is 0. The van der Waals surface area contributed by atoms with Crippen LogP contribution in [0.2, 0.25) is 0 Å². The van der Waals surface area contributed by atoms with Gasteiger partial charge in [-0.15, -0.1) is 5.10 Å². The van der Waals surface area contributed by atoms with Crippen LogP contribution in [0.4, 0.5) is 0 Å². The summed E-state index contributed by atoms with van der Waals surface area (Å²) < 4.78 is 7.77. The Labute approximate surface area is 127 Å². The highest BCUT2D eigenvalue weighted by atomic mass is 16.5. The van der Waals surface area contributed by atoms with Crippen molar-refractivity contribution >= 4 is 5.91 Å². The van der Waals surface area contributed by atoms with E-state index in [-0.39, 0.29) is 18.1 Å². The van der Waals surface area contributed by atoms with Crippen molar-refractivity contribution in [3.63, 3.8) is 0 Å². The Kier molecular flexibility index (Phi) is 3.15. The summed E-state index contributed by atoms with van der Waals surface area (Å²) in [7, 11) is 0. The Morgan fingerprint density at radius 1 is 1.45 bits per heavy atom. The summed E-state index contributed by atoms with van der Waals surface area (Å²) >= 11 is 0. The van der Waals surface area contributed by atoms with Gasteiger partial charge in [0, 0.05) is 19.3 Å². The zero-order valence-electron chi connectivity index (χ0n) is 12.3. The van der Waals surface area contributed by atoms with Crippen molar-refractivity contribution in [1.29, 1.82) is 0 Å². The number of amides is 1. The maximum absolute atomic E-state index is 12.7. The largest absolute Gasteiger partial charge is 0.370 e. The number of aromatic nitrogens is 4. The highest BCUT2D eigenvalue weighted by molar-refractivity contribution is 5.93. The first-order valence-electron chi connectivity index (χ1n) is 7.45. The number of hydrogen-bond acceptors (Lipinski definition) is 5. The molecule has 1 fully saturated rings. The van der Waals surface area contributed by atoms with E-state index < -0.39 is 0 Å². The molecule has 0 aromatic carbocycles. The molecule has 2 atom stereocenters. The zero-order valence-corrected chi connectivity index (χ0v) is 12.3. The fourth-order valence-electron chi connectivity index (χ4n) is 3.22. The molecular formula is C15H17N5O2. The predicted octanol–water partition coefficient (Wildman–Crippen LogP) is 0.968. The molecular weight excluding hydrogens is 282 g/mol. The van der Waals surface area contributed by atoms with Crippen LogP contribution in [0.5, 0.6) is 0 Å². The molecule has 2 aromatic rings. The van der Waals surface area contributed by atoms with Crippen LogP contribution in [0, 0.1) is 6.92 Å². The summed E-state index contributed by atoms with van der Waals surface area (Å²) in [6.07, 6.45) is 4.29. The number of carbonyl (C=O) groups excluding carboxylic acids is 1. The quantitative estimate of drug-likeness (QED) is 0.784. The highest BCUT2D eigenvalue weighted by Gasteiger charge is 2.38. The summed E-state index contributed by atoms with van der Waals surface area (Å²) in [5, 5.41) is 8.11. The Balaban J connectivity index is 1.59. The molecule has 1 amide bonds. The molecule has 1 saturated heterocycles. The fraction of sp³-hybridized carbons (Fsp3) is 0.467. The summed E-state index contributed by atoms with van der Waals surface area (Å²) in [5.74, 6) is -0.0243. The van der Waals surface area contributed by atoms with E-state index in [4.69, 9.17) is 4.74 Å². The van der Waals surface area contributed by atoms with Gasteiger partial charge < -0.3 is 9.64 Å². The minimum absolute atomic E-state index is 0.0243. The third-order valence-corrected chi connectivity index (χ3v) is 4.43. The first-order chi connectivity index (χ1) is 10.7. The van der Waals surface area contributed by atoms with Crippen LogP contribution in [-0.4, -0.2) is 50.0 Å². The van der Waals surface area contributed by atoms with Crippen molar-refractivity contribution in [1.82, 2.24) is 24.9 Å². The molecule has 4 heterocycles. The minimum atomic E-state index is -0.0243. The van der Waals surface area contributed by atoms with Gasteiger partial charge in [0.25, 0.3) is 5.91 Å². The third-order valence-electron chi connectivity index (χ3n) is 4.43. The van der Waals surface area contributed by atoms with Crippen molar-refractivity contribution in [2.75, 3.05) is 13.1 Å². The number of pyridine rings is 1. The van der Waals surface area contributed by atoms with Gasteiger partial charge in [0.2, 0.25) is 0 Å². The van der Waals surface area contributed by atoms with Crippen LogP contribution < -0.4 is 0 Å². The second-order valence-corrected chi connectivity index (χ2v) is 5.80. The number of rotatable bonds is 1. The Morgan fingerprint density at radius 3 is 3.23 bits per heavy atom. The SMILES string of the molecule is Cc1cccnc1C(=O)N1CC[C@H]2OCc3cnnn3[C@@H]2C1. The number of nitrogens with zero attached hydrogens (tertiary/aromatic N) is 5. The molecule has 0 radical (unpaired) electrons. The average molecular weight is 299 g/mol. The van der Waals surface area contributed by atoms with Gasteiger partial charge in [0.05, 0.1) is 30.6 Å². The number of fused-ring (bicyclic) bond motifs is 3. The molecule has 0 bridgehead atoms. The molecule has 0 aliphatic carbocycles. The van der Waals surface area contributed by atoms with Crippen LogP contribution >= 0.6 is 0 Å². The lowest BCUT2D eigenvalue weighted by molar-refractivity contribution is -0.0605. The lowest BCUT2D eigenvalue weighted by atomic mass is 9.99. The molecule has 4 rings (SSSR count). The van der Waals surface area contributed by atoms with Crippen molar-refractivity contribution < 1.29 is 9.53 Å². The minimum Gasteiger partial charge on any atom is -0.370 e. The van der Waals surface area contributed by atoms with E-state index in [9.17, 15) is 4.79 Å². The Bertz CT molecular complexity index is 713. The standard InChI is InChI=1S/C15H17N5O2/c1-10-3-2-5-16-14(10)15(21)19-6-4-13-12(8-19)20-11(9-22-13)7-17-18-20/h2-3,5,7,12-13H,4,6,8-9H2,1H3/t12-,13-/m1/s1. The van der Waals surface area contributed by atoms with Crippen molar-refractivity contribution in [2.45, 2.75) is 32.1 Å². The van der Waals surface area contributed by atoms with Gasteiger partial charge in [-0.25, -0.2) is 4.68 Å². The third kappa shape index (κ3) is 2.09. The van der Waals surface area contributed by atoms with E-state index >= 15 is 0 Å². The van der Waals surface area contributed by atoms with Crippen LogP contribution in [0.3, 0.4) is 0 Å². The van der Waals surface area contributed by atoms with Crippen molar-refractivity contribution in [3.8, 4) is 0 Å². The normalized spacial score (nSPS) is 23.8. The van der Waals surface area contributed by atoms with Gasteiger partial charge in [-0.05, 0) is 25.0 Å². The van der Waals surface area contributed by atoms with Gasteiger partial charge in [0.1, 0.15) is 5.69 Å². The van der Waals surface area contributed by atoms with Crippen LogP contribution in [0.15, 0.2) is 24.5 Å². The molecule has 114 valence electrons. The summed E-state index contributed by atoms with van der Waals surface area (Å²) in [6.45, 7) is 3.71. The zero-order chi connectivity index (χ0) is 15.1. The van der Waals surface area contributed by atoms with Crippen LogP contribution in [-0.2, 0) is 11.3 Å². The smallest absolute Gasteiger partial charge is 0.272 e. The molecule has 0 spiro atoms. The molecule has 7 nitrogen and oxygen atoms in total. The Morgan fingerprint density at radius 2 is 2.36 bits per heavy atom. The summed E-state index contributed by atoms with van der Waals surface area (Å²) in [5.41, 5.74) is 2.39. The lowest BCUT2D eigenvalue weighted by Crippen LogP contribution is -2.50.